The molecule has 0 saturated heterocycles. The molecule has 1 fully saturated rings. The van der Waals surface area contributed by atoms with E-state index in [1.54, 1.807) is 18.5 Å². The number of aromatic nitrogens is 1. The fourth-order valence-corrected chi connectivity index (χ4v) is 1.08. The van der Waals surface area contributed by atoms with Crippen LogP contribution in [0.2, 0.25) is 0 Å². The normalized spacial score (nSPS) is 15.7. The van der Waals surface area contributed by atoms with Gasteiger partial charge in [-0.1, -0.05) is 0 Å². The van der Waals surface area contributed by atoms with E-state index in [2.05, 4.69) is 10.3 Å². The van der Waals surface area contributed by atoms with Crippen LogP contribution in [0.4, 0.5) is 5.69 Å². The van der Waals surface area contributed by atoms with Crippen molar-refractivity contribution in [2.45, 2.75) is 18.9 Å². The van der Waals surface area contributed by atoms with Crippen LogP contribution >= 0.6 is 0 Å². The van der Waals surface area contributed by atoms with Gasteiger partial charge in [0.15, 0.2) is 6.29 Å². The minimum atomic E-state index is 0.563. The lowest BCUT2D eigenvalue weighted by Gasteiger charge is -2.04. The lowest BCUT2D eigenvalue weighted by atomic mass is 10.2. The van der Waals surface area contributed by atoms with Gasteiger partial charge in [-0.2, -0.15) is 0 Å². The SMILES string of the molecule is O=Cc1ccncc1NC1CC1. The molecular formula is C9H10N2O. The van der Waals surface area contributed by atoms with Crippen LogP contribution in [0.3, 0.4) is 0 Å². The fraction of sp³-hybridized carbons (Fsp3) is 0.333. The number of carbonyl (C=O) groups is 1. The predicted octanol–water partition coefficient (Wildman–Crippen LogP) is 1.47. The Bertz CT molecular complexity index is 294. The van der Waals surface area contributed by atoms with Gasteiger partial charge in [-0.25, -0.2) is 0 Å². The van der Waals surface area contributed by atoms with Crippen molar-refractivity contribution >= 4 is 12.0 Å². The van der Waals surface area contributed by atoms with Crippen LogP contribution in [0, 0.1) is 0 Å². The number of nitrogens with one attached hydrogen (secondary N) is 1. The second-order valence-electron chi connectivity index (χ2n) is 3.00. The van der Waals surface area contributed by atoms with Crippen molar-refractivity contribution in [1.82, 2.24) is 4.98 Å². The summed E-state index contributed by atoms with van der Waals surface area (Å²) in [6.07, 6.45) is 6.58. The van der Waals surface area contributed by atoms with Gasteiger partial charge in [0.05, 0.1) is 11.9 Å². The minimum Gasteiger partial charge on any atom is -0.380 e. The van der Waals surface area contributed by atoms with E-state index in [-0.39, 0.29) is 0 Å². The molecule has 1 aromatic heterocycles. The molecule has 1 heterocycles. The zero-order valence-corrected chi connectivity index (χ0v) is 6.66. The van der Waals surface area contributed by atoms with Crippen LogP contribution in [0.5, 0.6) is 0 Å². The molecule has 0 aliphatic heterocycles. The molecule has 62 valence electrons. The van der Waals surface area contributed by atoms with Crippen molar-refractivity contribution in [3.8, 4) is 0 Å². The summed E-state index contributed by atoms with van der Waals surface area (Å²) in [5, 5.41) is 3.24. The van der Waals surface area contributed by atoms with Gasteiger partial charge >= 0.3 is 0 Å². The number of hydrogen-bond donors (Lipinski definition) is 1. The third kappa shape index (κ3) is 1.44. The maximum absolute atomic E-state index is 10.6. The molecule has 1 saturated carbocycles. The maximum atomic E-state index is 10.6. The van der Waals surface area contributed by atoms with Crippen LogP contribution in [-0.4, -0.2) is 17.3 Å². The highest BCUT2D eigenvalue weighted by molar-refractivity contribution is 5.83. The second kappa shape index (κ2) is 2.93. The molecule has 0 radical (unpaired) electrons. The van der Waals surface area contributed by atoms with E-state index in [9.17, 15) is 4.79 Å². The highest BCUT2D eigenvalue weighted by Crippen LogP contribution is 2.25. The molecule has 3 nitrogen and oxygen atoms in total. The van der Waals surface area contributed by atoms with E-state index >= 15 is 0 Å². The van der Waals surface area contributed by atoms with Crippen molar-refractivity contribution in [1.29, 1.82) is 0 Å². The van der Waals surface area contributed by atoms with Crippen LogP contribution in [-0.2, 0) is 0 Å². The minimum absolute atomic E-state index is 0.563. The van der Waals surface area contributed by atoms with Crippen LogP contribution in [0.25, 0.3) is 0 Å². The molecule has 1 aromatic rings. The fourth-order valence-electron chi connectivity index (χ4n) is 1.08. The molecule has 0 unspecified atom stereocenters. The quantitative estimate of drug-likeness (QED) is 0.684. The zero-order valence-electron chi connectivity index (χ0n) is 6.66. The molecule has 1 aliphatic rings. The molecule has 0 atom stereocenters. The third-order valence-corrected chi connectivity index (χ3v) is 1.92. The van der Waals surface area contributed by atoms with Gasteiger partial charge < -0.3 is 5.32 Å². The Hall–Kier alpha value is -1.38. The molecule has 1 aliphatic carbocycles. The van der Waals surface area contributed by atoms with Gasteiger partial charge in [0.1, 0.15) is 0 Å². The van der Waals surface area contributed by atoms with Gasteiger partial charge in [-0.15, -0.1) is 0 Å². The summed E-state index contributed by atoms with van der Waals surface area (Å²) in [5.74, 6) is 0. The molecule has 0 aromatic carbocycles. The summed E-state index contributed by atoms with van der Waals surface area (Å²) in [6, 6.07) is 2.28. The average Bonchev–Trinajstić information content (AvgIpc) is 2.89. The van der Waals surface area contributed by atoms with Crippen LogP contribution in [0.15, 0.2) is 18.5 Å². The largest absolute Gasteiger partial charge is 0.380 e. The Kier molecular flexibility index (Phi) is 1.78. The standard InChI is InChI=1S/C9H10N2O/c12-6-7-3-4-10-5-9(7)11-8-1-2-8/h3-6,8,11H,1-2H2. The smallest absolute Gasteiger partial charge is 0.152 e. The van der Waals surface area contributed by atoms with Crippen molar-refractivity contribution in [3.63, 3.8) is 0 Å². The highest BCUT2D eigenvalue weighted by Gasteiger charge is 2.21. The number of hydrogen-bond acceptors (Lipinski definition) is 3. The molecule has 0 bridgehead atoms. The van der Waals surface area contributed by atoms with Crippen molar-refractivity contribution in [3.05, 3.63) is 24.0 Å². The number of aldehydes is 1. The monoisotopic (exact) mass is 162 g/mol. The maximum Gasteiger partial charge on any atom is 0.152 e. The molecule has 1 N–H and O–H groups in total. The highest BCUT2D eigenvalue weighted by atomic mass is 16.1. The first-order chi connectivity index (χ1) is 5.90. The second-order valence-corrected chi connectivity index (χ2v) is 3.00. The average molecular weight is 162 g/mol. The lowest BCUT2D eigenvalue weighted by Crippen LogP contribution is -2.03. The Morgan fingerprint density at radius 2 is 2.42 bits per heavy atom. The first-order valence-corrected chi connectivity index (χ1v) is 4.06. The van der Waals surface area contributed by atoms with Gasteiger partial charge in [0.2, 0.25) is 0 Å². The molecule has 2 rings (SSSR count). The first kappa shape index (κ1) is 7.28. The molecular weight excluding hydrogens is 152 g/mol. The van der Waals surface area contributed by atoms with E-state index in [1.165, 1.54) is 12.8 Å². The number of carbonyl (C=O) groups excluding carboxylic acids is 1. The summed E-state index contributed by atoms with van der Waals surface area (Å²) < 4.78 is 0. The molecule has 0 spiro atoms. The van der Waals surface area contributed by atoms with Crippen molar-refractivity contribution < 1.29 is 4.79 Å². The Labute approximate surface area is 70.8 Å². The lowest BCUT2D eigenvalue weighted by molar-refractivity contribution is 0.112. The van der Waals surface area contributed by atoms with Crippen LogP contribution < -0.4 is 5.32 Å². The molecule has 0 amide bonds. The number of nitrogens with zero attached hydrogens (tertiary/aromatic N) is 1. The number of anilines is 1. The van der Waals surface area contributed by atoms with Gasteiger partial charge in [-0.3, -0.25) is 9.78 Å². The van der Waals surface area contributed by atoms with E-state index in [0.29, 0.717) is 11.6 Å². The first-order valence-electron chi connectivity index (χ1n) is 4.06. The van der Waals surface area contributed by atoms with Gasteiger partial charge in [-0.05, 0) is 18.9 Å². The van der Waals surface area contributed by atoms with Gasteiger partial charge in [0.25, 0.3) is 0 Å². The van der Waals surface area contributed by atoms with Crippen molar-refractivity contribution in [2.75, 3.05) is 5.32 Å². The summed E-state index contributed by atoms with van der Waals surface area (Å²) in [4.78, 5) is 14.5. The zero-order chi connectivity index (χ0) is 8.39. The van der Waals surface area contributed by atoms with E-state index in [0.717, 1.165) is 12.0 Å². The third-order valence-electron chi connectivity index (χ3n) is 1.92. The Morgan fingerprint density at radius 1 is 1.58 bits per heavy atom. The Morgan fingerprint density at radius 3 is 3.08 bits per heavy atom. The summed E-state index contributed by atoms with van der Waals surface area (Å²) >= 11 is 0. The number of rotatable bonds is 3. The van der Waals surface area contributed by atoms with E-state index < -0.39 is 0 Å². The topological polar surface area (TPSA) is 42.0 Å². The van der Waals surface area contributed by atoms with Gasteiger partial charge in [0, 0.05) is 17.8 Å². The summed E-state index contributed by atoms with van der Waals surface area (Å²) in [5.41, 5.74) is 1.55. The summed E-state index contributed by atoms with van der Waals surface area (Å²) in [6.45, 7) is 0. The molecule has 12 heavy (non-hydrogen) atoms. The van der Waals surface area contributed by atoms with Crippen LogP contribution in [0.1, 0.15) is 23.2 Å². The van der Waals surface area contributed by atoms with E-state index in [1.807, 2.05) is 0 Å². The van der Waals surface area contributed by atoms with Crippen molar-refractivity contribution in [2.24, 2.45) is 0 Å². The number of pyridine rings is 1. The van der Waals surface area contributed by atoms with E-state index in [4.69, 9.17) is 0 Å². The molecule has 3 heteroatoms. The Balaban J connectivity index is 2.20. The predicted molar refractivity (Wildman–Crippen MR) is 46.3 cm³/mol. The summed E-state index contributed by atoms with van der Waals surface area (Å²) in [7, 11) is 0.